The maximum absolute atomic E-state index is 13.0. The van der Waals surface area contributed by atoms with Crippen LogP contribution >= 0.6 is 0 Å². The average Bonchev–Trinajstić information content (AvgIpc) is 3.15. The standard InChI is InChI=1S/C47H88N2O5/c1-5-7-9-11-13-15-17-19-21-23-25-27-29-31-33-38-46(51)53-43-41-49(45(50)37-35-36-40-48(3)4)42-44-54-47(52)39-34-32-30-28-26-24-22-20-18-16-14-12-10-8-6-2/h19-22H,5-18,23-44H2,1-4H3/b21-19-,22-20-. The second-order valence-corrected chi connectivity index (χ2v) is 15.8. The summed E-state index contributed by atoms with van der Waals surface area (Å²) < 4.78 is 11.0. The van der Waals surface area contributed by atoms with Crippen LogP contribution in [0.25, 0.3) is 0 Å². The van der Waals surface area contributed by atoms with E-state index in [-0.39, 0.29) is 31.1 Å². The smallest absolute Gasteiger partial charge is 0.305 e. The predicted molar refractivity (Wildman–Crippen MR) is 230 cm³/mol. The SMILES string of the molecule is CCCCCCCC/C=C\CCCCCCCC(=O)OCCN(CCOC(=O)CCCCCCC/C=C\CCCCCCCC)C(=O)CCCCN(C)C. The van der Waals surface area contributed by atoms with Gasteiger partial charge in [0.1, 0.15) is 13.2 Å². The molecule has 0 bridgehead atoms. The van der Waals surface area contributed by atoms with Crippen molar-refractivity contribution in [3.8, 4) is 0 Å². The first-order valence-corrected chi connectivity index (χ1v) is 22.9. The molecule has 316 valence electrons. The number of esters is 2. The van der Waals surface area contributed by atoms with E-state index in [0.29, 0.717) is 32.4 Å². The van der Waals surface area contributed by atoms with E-state index in [9.17, 15) is 14.4 Å². The molecule has 54 heavy (non-hydrogen) atoms. The van der Waals surface area contributed by atoms with Gasteiger partial charge in [0.2, 0.25) is 5.91 Å². The Morgan fingerprint density at radius 1 is 0.407 bits per heavy atom. The van der Waals surface area contributed by atoms with Gasteiger partial charge in [-0.15, -0.1) is 0 Å². The van der Waals surface area contributed by atoms with Gasteiger partial charge in [-0.25, -0.2) is 0 Å². The molecule has 0 aromatic heterocycles. The zero-order chi connectivity index (χ0) is 39.6. The molecule has 0 saturated carbocycles. The first kappa shape index (κ1) is 51.9. The molecule has 0 aliphatic heterocycles. The maximum Gasteiger partial charge on any atom is 0.305 e. The molecular weight excluding hydrogens is 673 g/mol. The molecule has 0 aliphatic carbocycles. The highest BCUT2D eigenvalue weighted by molar-refractivity contribution is 5.76. The van der Waals surface area contributed by atoms with E-state index < -0.39 is 0 Å². The largest absolute Gasteiger partial charge is 0.464 e. The summed E-state index contributed by atoms with van der Waals surface area (Å²) in [5.41, 5.74) is 0. The molecular formula is C47H88N2O5. The van der Waals surface area contributed by atoms with Crippen molar-refractivity contribution in [1.29, 1.82) is 0 Å². The van der Waals surface area contributed by atoms with Crippen molar-refractivity contribution in [2.75, 3.05) is 46.9 Å². The summed E-state index contributed by atoms with van der Waals surface area (Å²) in [6.45, 7) is 6.48. The molecule has 7 heteroatoms. The van der Waals surface area contributed by atoms with Gasteiger partial charge in [-0.2, -0.15) is 0 Å². The van der Waals surface area contributed by atoms with Crippen molar-refractivity contribution in [3.63, 3.8) is 0 Å². The van der Waals surface area contributed by atoms with Gasteiger partial charge in [0.25, 0.3) is 0 Å². The maximum atomic E-state index is 13.0. The Morgan fingerprint density at radius 2 is 0.741 bits per heavy atom. The zero-order valence-electron chi connectivity index (χ0n) is 36.2. The quantitative estimate of drug-likeness (QED) is 0.0351. The molecule has 0 radical (unpaired) electrons. The minimum absolute atomic E-state index is 0.0235. The molecule has 7 nitrogen and oxygen atoms in total. The van der Waals surface area contributed by atoms with Gasteiger partial charge < -0.3 is 19.3 Å². The monoisotopic (exact) mass is 761 g/mol. The Labute approximate surface area is 334 Å². The Hall–Kier alpha value is -2.15. The third-order valence-electron chi connectivity index (χ3n) is 10.1. The van der Waals surface area contributed by atoms with Crippen LogP contribution in [0.2, 0.25) is 0 Å². The van der Waals surface area contributed by atoms with Gasteiger partial charge in [0.15, 0.2) is 0 Å². The third kappa shape index (κ3) is 39.5. The first-order valence-electron chi connectivity index (χ1n) is 22.9. The molecule has 0 unspecified atom stereocenters. The first-order chi connectivity index (χ1) is 26.4. The lowest BCUT2D eigenvalue weighted by molar-refractivity contribution is -0.147. The van der Waals surface area contributed by atoms with Gasteiger partial charge in [0, 0.05) is 19.3 Å². The second kappa shape index (κ2) is 42.0. The van der Waals surface area contributed by atoms with Crippen LogP contribution in [0.5, 0.6) is 0 Å². The number of hydrogen-bond acceptors (Lipinski definition) is 6. The normalized spacial score (nSPS) is 11.6. The summed E-state index contributed by atoms with van der Waals surface area (Å²) in [6, 6.07) is 0. The summed E-state index contributed by atoms with van der Waals surface area (Å²) in [5, 5.41) is 0. The highest BCUT2D eigenvalue weighted by Crippen LogP contribution is 2.12. The number of ether oxygens (including phenoxy) is 2. The number of amides is 1. The number of unbranched alkanes of at least 4 members (excludes halogenated alkanes) is 23. The lowest BCUT2D eigenvalue weighted by Gasteiger charge is -2.23. The Kier molecular flexibility index (Phi) is 40.3. The lowest BCUT2D eigenvalue weighted by Crippen LogP contribution is -2.37. The fourth-order valence-corrected chi connectivity index (χ4v) is 6.59. The molecule has 0 saturated heterocycles. The van der Waals surface area contributed by atoms with Crippen molar-refractivity contribution in [3.05, 3.63) is 24.3 Å². The van der Waals surface area contributed by atoms with E-state index in [1.54, 1.807) is 4.90 Å². The van der Waals surface area contributed by atoms with E-state index in [1.807, 2.05) is 14.1 Å². The minimum Gasteiger partial charge on any atom is -0.464 e. The number of allylic oxidation sites excluding steroid dienone is 4. The van der Waals surface area contributed by atoms with E-state index in [4.69, 9.17) is 9.47 Å². The second-order valence-electron chi connectivity index (χ2n) is 15.8. The lowest BCUT2D eigenvalue weighted by atomic mass is 10.1. The van der Waals surface area contributed by atoms with Gasteiger partial charge in [-0.05, 0) is 97.7 Å². The summed E-state index contributed by atoms with van der Waals surface area (Å²) >= 11 is 0. The zero-order valence-corrected chi connectivity index (χ0v) is 36.2. The average molecular weight is 761 g/mol. The summed E-state index contributed by atoms with van der Waals surface area (Å²) in [4.78, 5) is 41.6. The summed E-state index contributed by atoms with van der Waals surface area (Å²) in [5.74, 6) is -0.370. The van der Waals surface area contributed by atoms with Crippen LogP contribution in [-0.4, -0.2) is 74.6 Å². The van der Waals surface area contributed by atoms with Crippen molar-refractivity contribution in [2.24, 2.45) is 0 Å². The summed E-state index contributed by atoms with van der Waals surface area (Å²) in [6.07, 6.45) is 44.2. The topological polar surface area (TPSA) is 76.1 Å². The molecule has 0 heterocycles. The molecule has 0 fully saturated rings. The molecule has 0 aliphatic rings. The molecule has 0 aromatic carbocycles. The van der Waals surface area contributed by atoms with Crippen LogP contribution in [0.4, 0.5) is 0 Å². The minimum atomic E-state index is -0.197. The Balaban J connectivity index is 4.11. The van der Waals surface area contributed by atoms with Crippen molar-refractivity contribution in [1.82, 2.24) is 9.80 Å². The summed E-state index contributed by atoms with van der Waals surface area (Å²) in [7, 11) is 4.06. The van der Waals surface area contributed by atoms with Crippen LogP contribution in [-0.2, 0) is 23.9 Å². The number of hydrogen-bond donors (Lipinski definition) is 0. The predicted octanol–water partition coefficient (Wildman–Crippen LogP) is 12.7. The third-order valence-corrected chi connectivity index (χ3v) is 10.1. The fraction of sp³-hybridized carbons (Fsp3) is 0.851. The Bertz CT molecular complexity index is 845. The molecule has 1 amide bonds. The van der Waals surface area contributed by atoms with E-state index in [0.717, 1.165) is 70.8 Å². The Morgan fingerprint density at radius 3 is 1.11 bits per heavy atom. The van der Waals surface area contributed by atoms with Crippen LogP contribution in [0, 0.1) is 0 Å². The molecule has 0 atom stereocenters. The van der Waals surface area contributed by atoms with Gasteiger partial charge >= 0.3 is 11.9 Å². The number of nitrogens with zero attached hydrogens (tertiary/aromatic N) is 2. The van der Waals surface area contributed by atoms with E-state index in [2.05, 4.69) is 43.1 Å². The molecule has 0 N–H and O–H groups in total. The van der Waals surface area contributed by atoms with Crippen LogP contribution in [0.15, 0.2) is 24.3 Å². The van der Waals surface area contributed by atoms with E-state index >= 15 is 0 Å². The molecule has 0 rings (SSSR count). The van der Waals surface area contributed by atoms with Crippen LogP contribution < -0.4 is 0 Å². The van der Waals surface area contributed by atoms with Gasteiger partial charge in [0.05, 0.1) is 13.1 Å². The van der Waals surface area contributed by atoms with Gasteiger partial charge in [-0.1, -0.05) is 141 Å². The van der Waals surface area contributed by atoms with Crippen LogP contribution in [0.3, 0.4) is 0 Å². The van der Waals surface area contributed by atoms with Crippen molar-refractivity contribution in [2.45, 2.75) is 213 Å². The van der Waals surface area contributed by atoms with Crippen LogP contribution in [0.1, 0.15) is 213 Å². The highest BCUT2D eigenvalue weighted by Gasteiger charge is 2.15. The fourth-order valence-electron chi connectivity index (χ4n) is 6.59. The van der Waals surface area contributed by atoms with Gasteiger partial charge in [-0.3, -0.25) is 14.4 Å². The van der Waals surface area contributed by atoms with Crippen molar-refractivity contribution >= 4 is 17.8 Å². The number of rotatable bonds is 41. The molecule has 0 spiro atoms. The number of carbonyl (C=O) groups excluding carboxylic acids is 3. The number of carbonyl (C=O) groups is 3. The highest BCUT2D eigenvalue weighted by atomic mass is 16.5. The van der Waals surface area contributed by atoms with Crippen molar-refractivity contribution < 1.29 is 23.9 Å². The van der Waals surface area contributed by atoms with E-state index in [1.165, 1.54) is 116 Å². The molecule has 0 aromatic rings.